The Morgan fingerprint density at radius 1 is 1.23 bits per heavy atom. The fourth-order valence-electron chi connectivity index (χ4n) is 2.26. The summed E-state index contributed by atoms with van der Waals surface area (Å²) in [5.41, 5.74) is 0.652. The molecule has 2 aromatic carbocycles. The predicted octanol–water partition coefficient (Wildman–Crippen LogP) is 2.84. The van der Waals surface area contributed by atoms with Crippen LogP contribution in [0.2, 0.25) is 0 Å². The van der Waals surface area contributed by atoms with Gasteiger partial charge in [-0.25, -0.2) is 12.8 Å². The number of sulfonamides is 1. The number of hydrogen-bond donors (Lipinski definition) is 2. The summed E-state index contributed by atoms with van der Waals surface area (Å²) in [6.07, 6.45) is 0. The van der Waals surface area contributed by atoms with Crippen molar-refractivity contribution >= 4 is 21.6 Å². The van der Waals surface area contributed by atoms with Crippen molar-refractivity contribution in [1.29, 1.82) is 0 Å². The van der Waals surface area contributed by atoms with E-state index >= 15 is 0 Å². The number of hydrogen-bond acceptors (Lipinski definition) is 4. The summed E-state index contributed by atoms with van der Waals surface area (Å²) in [6.45, 7) is 5.42. The highest BCUT2D eigenvalue weighted by atomic mass is 32.2. The number of benzene rings is 2. The van der Waals surface area contributed by atoms with Crippen LogP contribution in [0.5, 0.6) is 5.75 Å². The number of aryl methyl sites for hydroxylation is 1. The van der Waals surface area contributed by atoms with E-state index in [1.807, 2.05) is 6.92 Å². The molecule has 6 nitrogen and oxygen atoms in total. The Balaban J connectivity index is 2.11. The number of nitrogens with one attached hydrogen (secondary N) is 2. The Morgan fingerprint density at radius 3 is 2.54 bits per heavy atom. The third-order valence-corrected chi connectivity index (χ3v) is 5.15. The third-order valence-electron chi connectivity index (χ3n) is 3.61. The van der Waals surface area contributed by atoms with Crippen LogP contribution in [0.15, 0.2) is 47.4 Å². The van der Waals surface area contributed by atoms with E-state index in [2.05, 4.69) is 10.0 Å². The number of ether oxygens (including phenoxy) is 1. The average molecular weight is 380 g/mol. The Hall–Kier alpha value is -2.45. The molecule has 0 aliphatic carbocycles. The van der Waals surface area contributed by atoms with E-state index in [4.69, 9.17) is 4.74 Å². The van der Waals surface area contributed by atoms with Crippen LogP contribution >= 0.6 is 0 Å². The van der Waals surface area contributed by atoms with E-state index in [-0.39, 0.29) is 10.6 Å². The quantitative estimate of drug-likeness (QED) is 0.774. The van der Waals surface area contributed by atoms with Crippen LogP contribution in [-0.2, 0) is 14.8 Å². The Morgan fingerprint density at radius 2 is 1.92 bits per heavy atom. The molecule has 26 heavy (non-hydrogen) atoms. The van der Waals surface area contributed by atoms with Gasteiger partial charge in [0.05, 0.1) is 23.2 Å². The molecule has 0 aliphatic rings. The van der Waals surface area contributed by atoms with Crippen molar-refractivity contribution in [2.45, 2.75) is 31.7 Å². The molecule has 2 rings (SSSR count). The molecule has 0 heterocycles. The first-order valence-corrected chi connectivity index (χ1v) is 9.54. The fraction of sp³-hybridized carbons (Fsp3) is 0.278. The van der Waals surface area contributed by atoms with Gasteiger partial charge in [-0.3, -0.25) is 4.79 Å². The molecule has 1 amide bonds. The number of carbonyl (C=O) groups is 1. The molecule has 8 heteroatoms. The molecule has 0 radical (unpaired) electrons. The second-order valence-electron chi connectivity index (χ2n) is 5.67. The van der Waals surface area contributed by atoms with Gasteiger partial charge in [-0.2, -0.15) is 4.72 Å². The van der Waals surface area contributed by atoms with E-state index < -0.39 is 27.8 Å². The third kappa shape index (κ3) is 4.80. The monoisotopic (exact) mass is 380 g/mol. The molecular weight excluding hydrogens is 359 g/mol. The van der Waals surface area contributed by atoms with E-state index in [0.717, 1.165) is 0 Å². The summed E-state index contributed by atoms with van der Waals surface area (Å²) in [5, 5.41) is 2.36. The molecule has 0 bridgehead atoms. The Labute approximate surface area is 152 Å². The Bertz CT molecular complexity index is 900. The van der Waals surface area contributed by atoms with Gasteiger partial charge in [0.15, 0.2) is 0 Å². The van der Waals surface area contributed by atoms with Gasteiger partial charge in [-0.05, 0) is 56.7 Å². The average Bonchev–Trinajstić information content (AvgIpc) is 2.58. The van der Waals surface area contributed by atoms with Crippen molar-refractivity contribution in [3.63, 3.8) is 0 Å². The van der Waals surface area contributed by atoms with Crippen molar-refractivity contribution in [3.8, 4) is 5.75 Å². The van der Waals surface area contributed by atoms with Crippen LogP contribution in [0.1, 0.15) is 19.4 Å². The minimum absolute atomic E-state index is 0.0135. The lowest BCUT2D eigenvalue weighted by Crippen LogP contribution is -2.41. The molecule has 2 aromatic rings. The first-order chi connectivity index (χ1) is 12.2. The second-order valence-corrected chi connectivity index (χ2v) is 7.39. The number of anilines is 1. The number of carbonyl (C=O) groups excluding carboxylic acids is 1. The topological polar surface area (TPSA) is 84.5 Å². The van der Waals surface area contributed by atoms with E-state index in [1.165, 1.54) is 37.3 Å². The van der Waals surface area contributed by atoms with Gasteiger partial charge in [0, 0.05) is 0 Å². The highest BCUT2D eigenvalue weighted by Crippen LogP contribution is 2.22. The molecule has 2 N–H and O–H groups in total. The highest BCUT2D eigenvalue weighted by Gasteiger charge is 2.23. The van der Waals surface area contributed by atoms with Gasteiger partial charge >= 0.3 is 0 Å². The lowest BCUT2D eigenvalue weighted by molar-refractivity contribution is -0.117. The van der Waals surface area contributed by atoms with Crippen molar-refractivity contribution in [1.82, 2.24) is 4.72 Å². The lowest BCUT2D eigenvalue weighted by Gasteiger charge is -2.15. The molecule has 0 unspecified atom stereocenters. The van der Waals surface area contributed by atoms with Gasteiger partial charge in [0.2, 0.25) is 15.9 Å². The summed E-state index contributed by atoms with van der Waals surface area (Å²) in [4.78, 5) is 12.2. The minimum atomic E-state index is -3.92. The van der Waals surface area contributed by atoms with Crippen LogP contribution in [0.4, 0.5) is 10.1 Å². The second kappa shape index (κ2) is 8.29. The summed E-state index contributed by atoms with van der Waals surface area (Å²) in [7, 11) is -3.92. The van der Waals surface area contributed by atoms with Gasteiger partial charge in [-0.15, -0.1) is 0 Å². The van der Waals surface area contributed by atoms with Gasteiger partial charge in [-0.1, -0.05) is 12.1 Å². The van der Waals surface area contributed by atoms with Crippen LogP contribution in [0.3, 0.4) is 0 Å². The first-order valence-electron chi connectivity index (χ1n) is 8.05. The van der Waals surface area contributed by atoms with Crippen LogP contribution in [-0.4, -0.2) is 27.0 Å². The highest BCUT2D eigenvalue weighted by molar-refractivity contribution is 7.89. The zero-order valence-corrected chi connectivity index (χ0v) is 15.6. The summed E-state index contributed by atoms with van der Waals surface area (Å²) < 4.78 is 46.2. The van der Waals surface area contributed by atoms with Crippen molar-refractivity contribution in [3.05, 3.63) is 53.8 Å². The van der Waals surface area contributed by atoms with Crippen LogP contribution in [0, 0.1) is 12.7 Å². The Kier molecular flexibility index (Phi) is 6.33. The molecule has 0 spiro atoms. The van der Waals surface area contributed by atoms with Gasteiger partial charge in [0.1, 0.15) is 11.6 Å². The lowest BCUT2D eigenvalue weighted by atomic mass is 10.2. The molecular formula is C18H21FN2O4S. The maximum Gasteiger partial charge on any atom is 0.242 e. The van der Waals surface area contributed by atoms with E-state index in [1.54, 1.807) is 19.1 Å². The zero-order chi connectivity index (χ0) is 19.3. The maximum absolute atomic E-state index is 13.6. The van der Waals surface area contributed by atoms with Crippen LogP contribution < -0.4 is 14.8 Å². The molecule has 0 aromatic heterocycles. The number of rotatable bonds is 7. The molecule has 0 saturated heterocycles. The van der Waals surface area contributed by atoms with Crippen molar-refractivity contribution < 1.29 is 22.3 Å². The minimum Gasteiger partial charge on any atom is -0.494 e. The molecule has 0 aliphatic heterocycles. The predicted molar refractivity (Wildman–Crippen MR) is 97.2 cm³/mol. The number of amides is 1. The molecule has 0 fully saturated rings. The van der Waals surface area contributed by atoms with Gasteiger partial charge < -0.3 is 10.1 Å². The zero-order valence-electron chi connectivity index (χ0n) is 14.7. The molecule has 0 saturated carbocycles. The molecule has 140 valence electrons. The smallest absolute Gasteiger partial charge is 0.242 e. The number of para-hydroxylation sites is 1. The summed E-state index contributed by atoms with van der Waals surface area (Å²) in [6, 6.07) is 9.00. The number of halogens is 1. The normalized spacial score (nSPS) is 12.5. The summed E-state index contributed by atoms with van der Waals surface area (Å²) in [5.74, 6) is -0.670. The first kappa shape index (κ1) is 19.9. The van der Waals surface area contributed by atoms with E-state index in [9.17, 15) is 17.6 Å². The fourth-order valence-corrected chi connectivity index (χ4v) is 3.55. The van der Waals surface area contributed by atoms with Crippen molar-refractivity contribution in [2.24, 2.45) is 0 Å². The maximum atomic E-state index is 13.6. The SMILES string of the molecule is CCOc1ccc(S(=O)(=O)N[C@H](C)C(=O)Nc2ccccc2F)cc1C. The largest absolute Gasteiger partial charge is 0.494 e. The standard InChI is InChI=1S/C18H21FN2O4S/c1-4-25-17-10-9-14(11-12(17)2)26(23,24)21-13(3)18(22)20-16-8-6-5-7-15(16)19/h5-11,13,21H,4H2,1-3H3,(H,20,22)/t13-/m1/s1. The summed E-state index contributed by atoms with van der Waals surface area (Å²) >= 11 is 0. The van der Waals surface area contributed by atoms with Gasteiger partial charge in [0.25, 0.3) is 0 Å². The van der Waals surface area contributed by atoms with Crippen molar-refractivity contribution in [2.75, 3.05) is 11.9 Å². The van der Waals surface area contributed by atoms with Crippen LogP contribution in [0.25, 0.3) is 0 Å². The molecule has 1 atom stereocenters. The van der Waals surface area contributed by atoms with E-state index in [0.29, 0.717) is 17.9 Å².